The van der Waals surface area contributed by atoms with Crippen LogP contribution in [0.2, 0.25) is 0 Å². The van der Waals surface area contributed by atoms with E-state index in [1.54, 1.807) is 18.2 Å². The molecule has 2 aromatic carbocycles. The van der Waals surface area contributed by atoms with Crippen LogP contribution in [0.4, 0.5) is 5.69 Å². The van der Waals surface area contributed by atoms with E-state index in [0.29, 0.717) is 11.6 Å². The van der Waals surface area contributed by atoms with Crippen molar-refractivity contribution in [2.24, 2.45) is 0 Å². The van der Waals surface area contributed by atoms with E-state index in [4.69, 9.17) is 0 Å². The molecule has 6 heteroatoms. The fraction of sp³-hybridized carbons (Fsp3) is 0.286. The zero-order valence-electron chi connectivity index (χ0n) is 15.5. The van der Waals surface area contributed by atoms with Crippen LogP contribution >= 0.6 is 0 Å². The first-order valence-electron chi connectivity index (χ1n) is 9.24. The van der Waals surface area contributed by atoms with Gasteiger partial charge in [-0.1, -0.05) is 44.2 Å². The summed E-state index contributed by atoms with van der Waals surface area (Å²) in [5, 5.41) is 7.54. The highest BCUT2D eigenvalue weighted by Gasteiger charge is 2.23. The molecular formula is C21H23N3O2S. The van der Waals surface area contributed by atoms with Crippen molar-refractivity contribution in [1.29, 1.82) is 0 Å². The van der Waals surface area contributed by atoms with E-state index in [1.807, 2.05) is 30.3 Å². The highest BCUT2D eigenvalue weighted by molar-refractivity contribution is 7.92. The van der Waals surface area contributed by atoms with Crippen molar-refractivity contribution >= 4 is 15.7 Å². The molecule has 0 unspecified atom stereocenters. The van der Waals surface area contributed by atoms with Gasteiger partial charge in [0.15, 0.2) is 0 Å². The SMILES string of the molecule is CC(C)c1ccc(S(=O)(=O)Nc2ccccc2-c2n[nH]c3c2CCC3)cc1. The second-order valence-electron chi connectivity index (χ2n) is 7.26. The van der Waals surface area contributed by atoms with Crippen LogP contribution in [0.1, 0.15) is 43.0 Å². The minimum absolute atomic E-state index is 0.258. The number of aromatic amines is 1. The maximum Gasteiger partial charge on any atom is 0.261 e. The molecule has 1 aromatic heterocycles. The van der Waals surface area contributed by atoms with E-state index >= 15 is 0 Å². The molecule has 0 fully saturated rings. The van der Waals surface area contributed by atoms with Crippen LogP contribution in [0.5, 0.6) is 0 Å². The number of para-hydroxylation sites is 1. The van der Waals surface area contributed by atoms with Gasteiger partial charge < -0.3 is 0 Å². The summed E-state index contributed by atoms with van der Waals surface area (Å²) >= 11 is 0. The molecule has 27 heavy (non-hydrogen) atoms. The Morgan fingerprint density at radius 2 is 1.78 bits per heavy atom. The van der Waals surface area contributed by atoms with Crippen LogP contribution in [-0.2, 0) is 22.9 Å². The number of sulfonamides is 1. The maximum atomic E-state index is 12.9. The number of H-pyrrole nitrogens is 1. The van der Waals surface area contributed by atoms with E-state index in [1.165, 1.54) is 5.56 Å². The first kappa shape index (κ1) is 17.8. The third-order valence-corrected chi connectivity index (χ3v) is 6.47. The van der Waals surface area contributed by atoms with Gasteiger partial charge >= 0.3 is 0 Å². The van der Waals surface area contributed by atoms with Crippen LogP contribution in [0.15, 0.2) is 53.4 Å². The van der Waals surface area contributed by atoms with Crippen LogP contribution in [0, 0.1) is 0 Å². The Hall–Kier alpha value is -2.60. The molecule has 0 radical (unpaired) electrons. The molecule has 0 amide bonds. The standard InChI is InChI=1S/C21H23N3O2S/c1-14(2)15-10-12-16(13-11-15)27(25,26)24-20-8-4-3-6-18(20)21-17-7-5-9-19(17)22-23-21/h3-4,6,8,10-14,24H,5,7,9H2,1-2H3,(H,22,23). The topological polar surface area (TPSA) is 74.8 Å². The molecule has 140 valence electrons. The zero-order valence-corrected chi connectivity index (χ0v) is 16.3. The lowest BCUT2D eigenvalue weighted by Gasteiger charge is -2.13. The molecule has 0 atom stereocenters. The number of nitrogens with zero attached hydrogens (tertiary/aromatic N) is 1. The van der Waals surface area contributed by atoms with Crippen molar-refractivity contribution in [2.75, 3.05) is 4.72 Å². The average molecular weight is 382 g/mol. The van der Waals surface area contributed by atoms with Crippen LogP contribution in [-0.4, -0.2) is 18.6 Å². The third-order valence-electron chi connectivity index (χ3n) is 5.09. The van der Waals surface area contributed by atoms with E-state index in [0.717, 1.165) is 41.8 Å². The van der Waals surface area contributed by atoms with Gasteiger partial charge in [0, 0.05) is 16.8 Å². The van der Waals surface area contributed by atoms with E-state index < -0.39 is 10.0 Å². The lowest BCUT2D eigenvalue weighted by Crippen LogP contribution is -2.13. The van der Waals surface area contributed by atoms with Gasteiger partial charge in [0.05, 0.1) is 16.3 Å². The summed E-state index contributed by atoms with van der Waals surface area (Å²) in [6.45, 7) is 4.17. The van der Waals surface area contributed by atoms with Gasteiger partial charge in [0.1, 0.15) is 0 Å². The summed E-state index contributed by atoms with van der Waals surface area (Å²) in [4.78, 5) is 0.258. The Balaban J connectivity index is 1.68. The smallest absolute Gasteiger partial charge is 0.261 e. The van der Waals surface area contributed by atoms with Crippen LogP contribution < -0.4 is 4.72 Å². The monoisotopic (exact) mass is 381 g/mol. The zero-order chi connectivity index (χ0) is 19.0. The normalized spacial score (nSPS) is 13.7. The Morgan fingerprint density at radius 1 is 1.04 bits per heavy atom. The number of fused-ring (bicyclic) bond motifs is 1. The van der Waals surface area contributed by atoms with E-state index in [2.05, 4.69) is 28.8 Å². The molecule has 0 saturated carbocycles. The highest BCUT2D eigenvalue weighted by atomic mass is 32.2. The number of rotatable bonds is 5. The number of hydrogen-bond acceptors (Lipinski definition) is 3. The summed E-state index contributed by atoms with van der Waals surface area (Å²) in [7, 11) is -3.67. The first-order chi connectivity index (χ1) is 13.0. The number of aromatic nitrogens is 2. The number of aryl methyl sites for hydroxylation is 1. The minimum Gasteiger partial charge on any atom is -0.282 e. The second-order valence-corrected chi connectivity index (χ2v) is 8.94. The van der Waals surface area contributed by atoms with Crippen molar-refractivity contribution in [3.8, 4) is 11.3 Å². The molecule has 1 aliphatic carbocycles. The summed E-state index contributed by atoms with van der Waals surface area (Å²) in [6.07, 6.45) is 3.07. The van der Waals surface area contributed by atoms with Crippen molar-refractivity contribution in [3.05, 3.63) is 65.4 Å². The quantitative estimate of drug-likeness (QED) is 0.684. The molecule has 3 aromatic rings. The van der Waals surface area contributed by atoms with Crippen molar-refractivity contribution in [3.63, 3.8) is 0 Å². The first-order valence-corrected chi connectivity index (χ1v) is 10.7. The van der Waals surface area contributed by atoms with Gasteiger partial charge in [0.2, 0.25) is 0 Å². The lowest BCUT2D eigenvalue weighted by molar-refractivity contribution is 0.601. The molecule has 0 aliphatic heterocycles. The summed E-state index contributed by atoms with van der Waals surface area (Å²) in [6, 6.07) is 14.5. The molecule has 1 aliphatic rings. The van der Waals surface area contributed by atoms with Gasteiger partial charge in [-0.05, 0) is 48.9 Å². The largest absolute Gasteiger partial charge is 0.282 e. The predicted molar refractivity (Wildman–Crippen MR) is 107 cm³/mol. The summed E-state index contributed by atoms with van der Waals surface area (Å²) in [5.74, 6) is 0.359. The molecule has 0 bridgehead atoms. The van der Waals surface area contributed by atoms with Crippen molar-refractivity contribution in [1.82, 2.24) is 10.2 Å². The predicted octanol–water partition coefficient (Wildman–Crippen LogP) is 4.49. The summed E-state index contributed by atoms with van der Waals surface area (Å²) < 4.78 is 28.5. The Morgan fingerprint density at radius 3 is 2.52 bits per heavy atom. The van der Waals surface area contributed by atoms with Crippen molar-refractivity contribution in [2.45, 2.75) is 43.9 Å². The lowest BCUT2D eigenvalue weighted by atomic mass is 10.0. The third kappa shape index (κ3) is 3.37. The molecule has 0 spiro atoms. The maximum absolute atomic E-state index is 12.9. The molecule has 1 heterocycles. The number of nitrogens with one attached hydrogen (secondary N) is 2. The summed E-state index contributed by atoms with van der Waals surface area (Å²) in [5.41, 5.74) is 5.66. The van der Waals surface area contributed by atoms with Crippen LogP contribution in [0.3, 0.4) is 0 Å². The van der Waals surface area contributed by atoms with E-state index in [-0.39, 0.29) is 4.90 Å². The van der Waals surface area contributed by atoms with Crippen molar-refractivity contribution < 1.29 is 8.42 Å². The second kappa shape index (κ2) is 6.85. The van der Waals surface area contributed by atoms with Gasteiger partial charge in [-0.3, -0.25) is 9.82 Å². The molecule has 5 nitrogen and oxygen atoms in total. The Bertz CT molecular complexity index is 1070. The van der Waals surface area contributed by atoms with Gasteiger partial charge in [-0.25, -0.2) is 8.42 Å². The fourth-order valence-electron chi connectivity index (χ4n) is 3.56. The number of hydrogen-bond donors (Lipinski definition) is 2. The van der Waals surface area contributed by atoms with Gasteiger partial charge in [-0.2, -0.15) is 5.10 Å². The van der Waals surface area contributed by atoms with Gasteiger partial charge in [0.25, 0.3) is 10.0 Å². The fourth-order valence-corrected chi connectivity index (χ4v) is 4.64. The molecule has 2 N–H and O–H groups in total. The van der Waals surface area contributed by atoms with Crippen LogP contribution in [0.25, 0.3) is 11.3 Å². The molecular weight excluding hydrogens is 358 g/mol. The number of benzene rings is 2. The van der Waals surface area contributed by atoms with Gasteiger partial charge in [-0.15, -0.1) is 0 Å². The minimum atomic E-state index is -3.67. The Labute approximate surface area is 159 Å². The average Bonchev–Trinajstić information content (AvgIpc) is 3.26. The highest BCUT2D eigenvalue weighted by Crippen LogP contribution is 2.35. The van der Waals surface area contributed by atoms with E-state index in [9.17, 15) is 8.42 Å². The molecule has 0 saturated heterocycles. The molecule has 4 rings (SSSR count). The Kier molecular flexibility index (Phi) is 4.52. The number of anilines is 1.